The van der Waals surface area contributed by atoms with Crippen molar-refractivity contribution < 1.29 is 22.7 Å². The van der Waals surface area contributed by atoms with E-state index in [9.17, 15) is 13.2 Å². The lowest BCUT2D eigenvalue weighted by atomic mass is 10.1. The first-order valence-corrected chi connectivity index (χ1v) is 10.5. The van der Waals surface area contributed by atoms with Gasteiger partial charge >= 0.3 is 0 Å². The third kappa shape index (κ3) is 3.77. The third-order valence-electron chi connectivity index (χ3n) is 4.82. The van der Waals surface area contributed by atoms with Crippen LogP contribution in [0.15, 0.2) is 35.2 Å². The number of carbonyl (C=O) groups excluding carboxylic acids is 1. The fraction of sp³-hybridized carbons (Fsp3) is 0.350. The Morgan fingerprint density at radius 1 is 1.18 bits per heavy atom. The average molecular weight is 404 g/mol. The molecule has 28 heavy (non-hydrogen) atoms. The number of methoxy groups -OCH3 is 1. The molecular formula is C20H24N2O5S. The number of sulfonamides is 1. The summed E-state index contributed by atoms with van der Waals surface area (Å²) in [6.45, 7) is 7.06. The van der Waals surface area contributed by atoms with Crippen LogP contribution in [0.5, 0.6) is 11.5 Å². The zero-order chi connectivity index (χ0) is 20.5. The van der Waals surface area contributed by atoms with Gasteiger partial charge in [0.25, 0.3) is 15.9 Å². The summed E-state index contributed by atoms with van der Waals surface area (Å²) < 4.78 is 39.4. The smallest absolute Gasteiger partial charge is 0.265 e. The zero-order valence-corrected chi connectivity index (χ0v) is 17.2. The first-order chi connectivity index (χ1) is 13.3. The zero-order valence-electron chi connectivity index (χ0n) is 16.4. The van der Waals surface area contributed by atoms with Crippen molar-refractivity contribution >= 4 is 21.6 Å². The maximum absolute atomic E-state index is 13.0. The van der Waals surface area contributed by atoms with Gasteiger partial charge in [-0.2, -0.15) is 0 Å². The van der Waals surface area contributed by atoms with Gasteiger partial charge in [-0.05, 0) is 62.2 Å². The number of likely N-dealkylation sites (N-methyl/N-ethyl adjacent to an activating group) is 1. The van der Waals surface area contributed by atoms with Gasteiger partial charge in [0.05, 0.1) is 19.2 Å². The number of anilines is 1. The van der Waals surface area contributed by atoms with Gasteiger partial charge in [0, 0.05) is 12.2 Å². The second-order valence-electron chi connectivity index (χ2n) is 6.64. The molecule has 150 valence electrons. The Kier molecular flexibility index (Phi) is 5.51. The number of hydrogen-bond acceptors (Lipinski definition) is 5. The summed E-state index contributed by atoms with van der Waals surface area (Å²) in [5, 5.41) is 0. The Morgan fingerprint density at radius 3 is 2.57 bits per heavy atom. The quantitative estimate of drug-likeness (QED) is 0.828. The molecule has 1 heterocycles. The number of benzene rings is 2. The van der Waals surface area contributed by atoms with Crippen LogP contribution in [0.3, 0.4) is 0 Å². The van der Waals surface area contributed by atoms with E-state index < -0.39 is 10.0 Å². The number of nitrogens with zero attached hydrogens (tertiary/aromatic N) is 1. The molecule has 1 aliphatic rings. The highest BCUT2D eigenvalue weighted by molar-refractivity contribution is 7.92. The van der Waals surface area contributed by atoms with Crippen molar-refractivity contribution in [2.45, 2.75) is 25.7 Å². The molecule has 0 fully saturated rings. The van der Waals surface area contributed by atoms with Crippen molar-refractivity contribution in [3.63, 3.8) is 0 Å². The molecule has 7 nitrogen and oxygen atoms in total. The molecule has 3 rings (SSSR count). The molecule has 1 aliphatic heterocycles. The molecule has 0 atom stereocenters. The summed E-state index contributed by atoms with van der Waals surface area (Å²) in [5.41, 5.74) is 2.40. The number of aryl methyl sites for hydroxylation is 2. The summed E-state index contributed by atoms with van der Waals surface area (Å²) in [5.74, 6) is 0.536. The molecule has 0 spiro atoms. The highest BCUT2D eigenvalue weighted by atomic mass is 32.2. The molecule has 1 amide bonds. The maximum Gasteiger partial charge on any atom is 0.265 e. The minimum Gasteiger partial charge on any atom is -0.495 e. The van der Waals surface area contributed by atoms with Crippen molar-refractivity contribution in [1.29, 1.82) is 0 Å². The second-order valence-corrected chi connectivity index (χ2v) is 8.29. The normalized spacial score (nSPS) is 14.1. The monoisotopic (exact) mass is 404 g/mol. The van der Waals surface area contributed by atoms with Crippen LogP contribution in [0.25, 0.3) is 0 Å². The minimum atomic E-state index is -3.91. The topological polar surface area (TPSA) is 84.9 Å². The summed E-state index contributed by atoms with van der Waals surface area (Å²) >= 11 is 0. The van der Waals surface area contributed by atoms with Gasteiger partial charge in [0.1, 0.15) is 23.0 Å². The number of rotatable bonds is 5. The minimum absolute atomic E-state index is 0.0470. The largest absolute Gasteiger partial charge is 0.495 e. The van der Waals surface area contributed by atoms with Crippen LogP contribution in [-0.2, 0) is 10.0 Å². The molecule has 0 bridgehead atoms. The number of ether oxygens (including phenoxy) is 2. The maximum atomic E-state index is 13.0. The van der Waals surface area contributed by atoms with Crippen LogP contribution in [0.1, 0.15) is 28.4 Å². The Bertz CT molecular complexity index is 1020. The molecule has 1 N–H and O–H groups in total. The lowest BCUT2D eigenvalue weighted by molar-refractivity contribution is 0.0765. The van der Waals surface area contributed by atoms with Crippen molar-refractivity contribution in [3.05, 3.63) is 47.0 Å². The highest BCUT2D eigenvalue weighted by Gasteiger charge is 2.25. The fourth-order valence-electron chi connectivity index (χ4n) is 3.07. The molecule has 2 aromatic rings. The van der Waals surface area contributed by atoms with Crippen molar-refractivity contribution in [2.24, 2.45) is 0 Å². The molecule has 0 aromatic heterocycles. The second kappa shape index (κ2) is 7.71. The molecule has 0 saturated heterocycles. The first kappa shape index (κ1) is 20.0. The SMILES string of the molecule is CCN1CCOc2ccc(NS(=O)(=O)c3cc(C)c(C)cc3OC)cc2C1=O. The van der Waals surface area contributed by atoms with Gasteiger partial charge < -0.3 is 14.4 Å². The number of hydrogen-bond donors (Lipinski definition) is 1. The summed E-state index contributed by atoms with van der Waals surface area (Å²) in [7, 11) is -2.48. The average Bonchev–Trinajstić information content (AvgIpc) is 2.82. The van der Waals surface area contributed by atoms with Crippen LogP contribution in [-0.4, -0.2) is 46.0 Å². The Morgan fingerprint density at radius 2 is 1.89 bits per heavy atom. The van der Waals surface area contributed by atoms with E-state index in [0.29, 0.717) is 31.0 Å². The molecule has 0 saturated carbocycles. The molecule has 8 heteroatoms. The highest BCUT2D eigenvalue weighted by Crippen LogP contribution is 2.31. The van der Waals surface area contributed by atoms with E-state index in [0.717, 1.165) is 11.1 Å². The van der Waals surface area contributed by atoms with Crippen LogP contribution in [0, 0.1) is 13.8 Å². The van der Waals surface area contributed by atoms with E-state index in [4.69, 9.17) is 9.47 Å². The van der Waals surface area contributed by atoms with Gasteiger partial charge in [0.15, 0.2) is 0 Å². The van der Waals surface area contributed by atoms with E-state index in [1.54, 1.807) is 29.2 Å². The van der Waals surface area contributed by atoms with Crippen LogP contribution in [0.4, 0.5) is 5.69 Å². The predicted octanol–water partition coefficient (Wildman–Crippen LogP) is 2.97. The van der Waals surface area contributed by atoms with Gasteiger partial charge in [-0.3, -0.25) is 9.52 Å². The number of carbonyl (C=O) groups is 1. The molecular weight excluding hydrogens is 380 g/mol. The molecule has 0 aliphatic carbocycles. The van der Waals surface area contributed by atoms with E-state index in [1.165, 1.54) is 13.2 Å². The number of fused-ring (bicyclic) bond motifs is 1. The van der Waals surface area contributed by atoms with Gasteiger partial charge in [-0.15, -0.1) is 0 Å². The Balaban J connectivity index is 1.98. The summed E-state index contributed by atoms with van der Waals surface area (Å²) in [4.78, 5) is 14.4. The molecule has 0 radical (unpaired) electrons. The first-order valence-electron chi connectivity index (χ1n) is 9.01. The number of amides is 1. The van der Waals surface area contributed by atoms with Crippen LogP contribution < -0.4 is 14.2 Å². The molecule has 2 aromatic carbocycles. The fourth-order valence-corrected chi connectivity index (χ4v) is 4.36. The van der Waals surface area contributed by atoms with Crippen molar-refractivity contribution in [2.75, 3.05) is 31.5 Å². The van der Waals surface area contributed by atoms with Crippen molar-refractivity contribution in [1.82, 2.24) is 4.90 Å². The lowest BCUT2D eigenvalue weighted by Crippen LogP contribution is -2.32. The number of nitrogens with one attached hydrogen (secondary N) is 1. The molecule has 0 unspecified atom stereocenters. The predicted molar refractivity (Wildman–Crippen MR) is 107 cm³/mol. The van der Waals surface area contributed by atoms with E-state index >= 15 is 0 Å². The van der Waals surface area contributed by atoms with E-state index in [1.807, 2.05) is 20.8 Å². The van der Waals surface area contributed by atoms with E-state index in [-0.39, 0.29) is 22.2 Å². The Labute approximate surface area is 165 Å². The van der Waals surface area contributed by atoms with Gasteiger partial charge in [-0.25, -0.2) is 8.42 Å². The van der Waals surface area contributed by atoms with Gasteiger partial charge in [0.2, 0.25) is 0 Å². The third-order valence-corrected chi connectivity index (χ3v) is 6.22. The van der Waals surface area contributed by atoms with E-state index in [2.05, 4.69) is 4.72 Å². The van der Waals surface area contributed by atoms with Crippen LogP contribution >= 0.6 is 0 Å². The van der Waals surface area contributed by atoms with Crippen LogP contribution in [0.2, 0.25) is 0 Å². The summed E-state index contributed by atoms with van der Waals surface area (Å²) in [6.07, 6.45) is 0. The van der Waals surface area contributed by atoms with Gasteiger partial charge in [-0.1, -0.05) is 0 Å². The van der Waals surface area contributed by atoms with Crippen molar-refractivity contribution in [3.8, 4) is 11.5 Å². The Hall–Kier alpha value is -2.74. The lowest BCUT2D eigenvalue weighted by Gasteiger charge is -2.17. The summed E-state index contributed by atoms with van der Waals surface area (Å²) in [6, 6.07) is 7.97. The standard InChI is InChI=1S/C20H24N2O5S/c1-5-22-8-9-27-17-7-6-15(12-16(17)20(22)23)21-28(24,25)19-11-14(3)13(2)10-18(19)26-4/h6-7,10-12,21H,5,8-9H2,1-4H3.